The van der Waals surface area contributed by atoms with E-state index in [-0.39, 0.29) is 11.7 Å². The second-order valence-corrected chi connectivity index (χ2v) is 6.46. The second kappa shape index (κ2) is 6.71. The highest BCUT2D eigenvalue weighted by Crippen LogP contribution is 2.21. The number of rotatable bonds is 5. The van der Waals surface area contributed by atoms with Crippen molar-refractivity contribution in [3.8, 4) is 11.3 Å². The van der Waals surface area contributed by atoms with Gasteiger partial charge in [-0.1, -0.05) is 17.3 Å². The molecule has 0 aliphatic heterocycles. The molecule has 3 aromatic heterocycles. The minimum Gasteiger partial charge on any atom is -0.350 e. The number of imidazole rings is 1. The normalized spacial score (nSPS) is 11.2. The molecule has 0 atom stereocenters. The third-order valence-electron chi connectivity index (χ3n) is 4.54. The van der Waals surface area contributed by atoms with Crippen molar-refractivity contribution in [2.45, 2.75) is 13.3 Å². The molecule has 0 saturated heterocycles. The summed E-state index contributed by atoms with van der Waals surface area (Å²) in [6, 6.07) is 9.59. The van der Waals surface area contributed by atoms with E-state index in [1.165, 1.54) is 0 Å². The number of fused-ring (bicyclic) bond motifs is 1. The van der Waals surface area contributed by atoms with Crippen LogP contribution in [-0.4, -0.2) is 36.9 Å². The highest BCUT2D eigenvalue weighted by Gasteiger charge is 2.16. The van der Waals surface area contributed by atoms with Gasteiger partial charge in [0.25, 0.3) is 5.91 Å². The van der Waals surface area contributed by atoms with Gasteiger partial charge in [0.1, 0.15) is 11.5 Å². The van der Waals surface area contributed by atoms with Gasteiger partial charge in [0, 0.05) is 44.9 Å². The first kappa shape index (κ1) is 17.0. The number of amides is 1. The number of hydrogen-bond donors (Lipinski definition) is 1. The van der Waals surface area contributed by atoms with Gasteiger partial charge in [0.05, 0.1) is 16.7 Å². The molecule has 1 aromatic carbocycles. The average Bonchev–Trinajstić information content (AvgIpc) is 3.34. The monoisotopic (exact) mass is 364 g/mol. The summed E-state index contributed by atoms with van der Waals surface area (Å²) in [5.41, 5.74) is 4.30. The van der Waals surface area contributed by atoms with Crippen LogP contribution in [0.4, 0.5) is 0 Å². The Morgan fingerprint density at radius 1 is 1.26 bits per heavy atom. The number of carbonyl (C=O) groups excluding carboxylic acids is 1. The van der Waals surface area contributed by atoms with Gasteiger partial charge in [-0.25, -0.2) is 4.98 Å². The Morgan fingerprint density at radius 3 is 2.81 bits per heavy atom. The van der Waals surface area contributed by atoms with Crippen molar-refractivity contribution in [1.29, 1.82) is 0 Å². The van der Waals surface area contributed by atoms with Crippen molar-refractivity contribution in [1.82, 2.24) is 29.8 Å². The summed E-state index contributed by atoms with van der Waals surface area (Å²) in [5, 5.41) is 11.1. The summed E-state index contributed by atoms with van der Waals surface area (Å²) in [5.74, 6) is 0.799. The fourth-order valence-electron chi connectivity index (χ4n) is 3.15. The molecule has 0 unspecified atom stereocenters. The minimum atomic E-state index is -0.297. The quantitative estimate of drug-likeness (QED) is 0.586. The van der Waals surface area contributed by atoms with Gasteiger partial charge in [0.15, 0.2) is 0 Å². The van der Waals surface area contributed by atoms with E-state index in [1.807, 2.05) is 56.0 Å². The zero-order valence-corrected chi connectivity index (χ0v) is 15.4. The number of benzene rings is 1. The maximum atomic E-state index is 12.3. The number of carbonyl (C=O) groups is 1. The molecule has 1 N–H and O–H groups in total. The highest BCUT2D eigenvalue weighted by molar-refractivity contribution is 5.92. The van der Waals surface area contributed by atoms with E-state index in [9.17, 15) is 4.79 Å². The Morgan fingerprint density at radius 2 is 2.07 bits per heavy atom. The predicted molar refractivity (Wildman–Crippen MR) is 100 cm³/mol. The van der Waals surface area contributed by atoms with Crippen molar-refractivity contribution in [2.24, 2.45) is 14.1 Å². The lowest BCUT2D eigenvalue weighted by molar-refractivity contribution is 0.0917. The fraction of sp³-hybridized carbons (Fsp3) is 0.263. The third kappa shape index (κ3) is 3.21. The van der Waals surface area contributed by atoms with Crippen LogP contribution in [0.3, 0.4) is 0 Å². The standard InChI is InChI=1S/C19H20N6O2/c1-12-13(11-24(2)22-12)15-10-17(27-23-15)19(26)20-9-8-18-21-14-6-4-5-7-16(14)25(18)3/h4-7,10-11H,8-9H2,1-3H3,(H,20,26). The van der Waals surface area contributed by atoms with Crippen LogP contribution in [0.15, 0.2) is 41.1 Å². The van der Waals surface area contributed by atoms with Crippen molar-refractivity contribution < 1.29 is 9.32 Å². The smallest absolute Gasteiger partial charge is 0.289 e. The van der Waals surface area contributed by atoms with E-state index in [0.29, 0.717) is 18.7 Å². The summed E-state index contributed by atoms with van der Waals surface area (Å²) in [6.45, 7) is 2.35. The van der Waals surface area contributed by atoms with Crippen LogP contribution in [0.2, 0.25) is 0 Å². The number of aryl methyl sites for hydroxylation is 3. The van der Waals surface area contributed by atoms with E-state index in [2.05, 4.69) is 20.6 Å². The largest absolute Gasteiger partial charge is 0.350 e. The lowest BCUT2D eigenvalue weighted by atomic mass is 10.2. The molecule has 0 radical (unpaired) electrons. The Balaban J connectivity index is 1.41. The lowest BCUT2D eigenvalue weighted by Gasteiger charge is -2.03. The fourth-order valence-corrected chi connectivity index (χ4v) is 3.15. The number of hydrogen-bond acceptors (Lipinski definition) is 5. The molecule has 1 amide bonds. The zero-order valence-electron chi connectivity index (χ0n) is 15.4. The molecule has 4 rings (SSSR count). The van der Waals surface area contributed by atoms with Gasteiger partial charge < -0.3 is 14.4 Å². The van der Waals surface area contributed by atoms with Gasteiger partial charge in [-0.05, 0) is 19.1 Å². The van der Waals surface area contributed by atoms with Gasteiger partial charge in [-0.3, -0.25) is 9.48 Å². The molecule has 8 nitrogen and oxygen atoms in total. The molecular formula is C19H20N6O2. The van der Waals surface area contributed by atoms with Crippen LogP contribution in [0.5, 0.6) is 0 Å². The van der Waals surface area contributed by atoms with E-state index < -0.39 is 0 Å². The van der Waals surface area contributed by atoms with Crippen LogP contribution in [-0.2, 0) is 20.5 Å². The predicted octanol–water partition coefficient (Wildman–Crippen LogP) is 2.24. The Bertz CT molecular complexity index is 1120. The Labute approximate surface area is 155 Å². The van der Waals surface area contributed by atoms with Gasteiger partial charge in [-0.2, -0.15) is 5.10 Å². The molecule has 8 heteroatoms. The topological polar surface area (TPSA) is 90.8 Å². The van der Waals surface area contributed by atoms with Gasteiger partial charge >= 0.3 is 0 Å². The van der Waals surface area contributed by atoms with Gasteiger partial charge in [-0.15, -0.1) is 0 Å². The first-order valence-electron chi connectivity index (χ1n) is 8.69. The number of aromatic nitrogens is 5. The van der Waals surface area contributed by atoms with Crippen molar-refractivity contribution in [3.05, 3.63) is 53.8 Å². The van der Waals surface area contributed by atoms with Crippen LogP contribution in [0, 0.1) is 6.92 Å². The first-order valence-corrected chi connectivity index (χ1v) is 8.69. The molecular weight excluding hydrogens is 344 g/mol. The molecule has 0 spiro atoms. The second-order valence-electron chi connectivity index (χ2n) is 6.46. The molecule has 138 valence electrons. The maximum absolute atomic E-state index is 12.3. The SMILES string of the molecule is Cc1nn(C)cc1-c1cc(C(=O)NCCc2nc3ccccc3n2C)on1. The van der Waals surface area contributed by atoms with Crippen LogP contribution < -0.4 is 5.32 Å². The number of nitrogens with one attached hydrogen (secondary N) is 1. The summed E-state index contributed by atoms with van der Waals surface area (Å²) in [7, 11) is 3.82. The van der Waals surface area contributed by atoms with Crippen molar-refractivity contribution in [2.75, 3.05) is 6.54 Å². The average molecular weight is 364 g/mol. The third-order valence-corrected chi connectivity index (χ3v) is 4.54. The van der Waals surface area contributed by atoms with Crippen LogP contribution in [0.1, 0.15) is 22.1 Å². The summed E-state index contributed by atoms with van der Waals surface area (Å²) in [6.07, 6.45) is 2.47. The molecule has 0 saturated carbocycles. The summed E-state index contributed by atoms with van der Waals surface area (Å²) >= 11 is 0. The van der Waals surface area contributed by atoms with Crippen LogP contribution in [0.25, 0.3) is 22.3 Å². The minimum absolute atomic E-state index is 0.179. The summed E-state index contributed by atoms with van der Waals surface area (Å²) in [4.78, 5) is 16.9. The van der Waals surface area contributed by atoms with E-state index in [1.54, 1.807) is 10.7 Å². The van der Waals surface area contributed by atoms with E-state index in [4.69, 9.17) is 4.52 Å². The zero-order chi connectivity index (χ0) is 19.0. The highest BCUT2D eigenvalue weighted by atomic mass is 16.5. The molecule has 0 aliphatic carbocycles. The molecule has 4 aromatic rings. The van der Waals surface area contributed by atoms with E-state index in [0.717, 1.165) is 28.1 Å². The number of nitrogens with zero attached hydrogens (tertiary/aromatic N) is 5. The summed E-state index contributed by atoms with van der Waals surface area (Å²) < 4.78 is 8.94. The first-order chi connectivity index (χ1) is 13.0. The van der Waals surface area contributed by atoms with E-state index >= 15 is 0 Å². The van der Waals surface area contributed by atoms with Crippen LogP contribution >= 0.6 is 0 Å². The molecule has 0 aliphatic rings. The number of para-hydroxylation sites is 2. The Kier molecular flexibility index (Phi) is 4.23. The molecule has 0 fully saturated rings. The van der Waals surface area contributed by atoms with Crippen molar-refractivity contribution >= 4 is 16.9 Å². The van der Waals surface area contributed by atoms with Gasteiger partial charge in [0.2, 0.25) is 5.76 Å². The van der Waals surface area contributed by atoms with Crippen molar-refractivity contribution in [3.63, 3.8) is 0 Å². The maximum Gasteiger partial charge on any atom is 0.289 e. The molecule has 0 bridgehead atoms. The lowest BCUT2D eigenvalue weighted by Crippen LogP contribution is -2.26. The Hall–Kier alpha value is -3.42. The molecule has 27 heavy (non-hydrogen) atoms. The molecule has 3 heterocycles.